The highest BCUT2D eigenvalue weighted by Crippen LogP contribution is 2.16. The van der Waals surface area contributed by atoms with Crippen LogP contribution in [0, 0.1) is 0 Å². The third kappa shape index (κ3) is 3.91. The molecular weight excluding hydrogens is 286 g/mol. The van der Waals surface area contributed by atoms with Crippen molar-refractivity contribution in [2.45, 2.75) is 32.4 Å². The molecule has 0 aliphatic heterocycles. The highest BCUT2D eigenvalue weighted by Gasteiger charge is 2.26. The van der Waals surface area contributed by atoms with Crippen LogP contribution >= 0.6 is 0 Å². The number of carbonyl (C=O) groups excluding carboxylic acids is 1. The average Bonchev–Trinajstić information content (AvgIpc) is 2.42. The monoisotopic (exact) mass is 303 g/mol. The Balaban J connectivity index is 2.26. The minimum atomic E-state index is -1.30. The van der Waals surface area contributed by atoms with Gasteiger partial charge in [-0.1, -0.05) is 0 Å². The van der Waals surface area contributed by atoms with Crippen LogP contribution in [-0.4, -0.2) is 32.7 Å². The SMILES string of the molecule is CC(C)(C)OC(=O)NC(C(=O)O)c1ccc2cccnc2n1. The van der Waals surface area contributed by atoms with Crippen LogP contribution in [0.3, 0.4) is 0 Å². The largest absolute Gasteiger partial charge is 0.479 e. The lowest BCUT2D eigenvalue weighted by molar-refractivity contribution is -0.139. The van der Waals surface area contributed by atoms with E-state index in [0.29, 0.717) is 5.65 Å². The maximum absolute atomic E-state index is 11.8. The molecule has 22 heavy (non-hydrogen) atoms. The third-order valence-corrected chi connectivity index (χ3v) is 2.69. The lowest BCUT2D eigenvalue weighted by atomic mass is 10.1. The zero-order chi connectivity index (χ0) is 16.3. The molecule has 0 fully saturated rings. The summed E-state index contributed by atoms with van der Waals surface area (Å²) in [4.78, 5) is 31.4. The molecule has 0 spiro atoms. The molecule has 2 N–H and O–H groups in total. The summed E-state index contributed by atoms with van der Waals surface area (Å²) in [5.41, 5.74) is -0.118. The molecule has 1 amide bonds. The van der Waals surface area contributed by atoms with Gasteiger partial charge in [0.15, 0.2) is 11.7 Å². The summed E-state index contributed by atoms with van der Waals surface area (Å²) in [6, 6.07) is 5.52. The first-order chi connectivity index (χ1) is 10.3. The van der Waals surface area contributed by atoms with E-state index in [1.807, 2.05) is 6.07 Å². The number of carboxylic acid groups (broad SMARTS) is 1. The molecule has 0 aliphatic carbocycles. The second-order valence-electron chi connectivity index (χ2n) is 5.70. The minimum Gasteiger partial charge on any atom is -0.479 e. The smallest absolute Gasteiger partial charge is 0.408 e. The van der Waals surface area contributed by atoms with Crippen molar-refractivity contribution < 1.29 is 19.4 Å². The number of pyridine rings is 2. The molecule has 2 rings (SSSR count). The van der Waals surface area contributed by atoms with Crippen molar-refractivity contribution in [3.63, 3.8) is 0 Å². The van der Waals surface area contributed by atoms with Gasteiger partial charge in [0.2, 0.25) is 0 Å². The van der Waals surface area contributed by atoms with Gasteiger partial charge >= 0.3 is 12.1 Å². The molecule has 0 aliphatic rings. The number of hydrogen-bond donors (Lipinski definition) is 2. The van der Waals surface area contributed by atoms with Crippen molar-refractivity contribution in [1.29, 1.82) is 0 Å². The third-order valence-electron chi connectivity index (χ3n) is 2.69. The second kappa shape index (κ2) is 5.97. The number of ether oxygens (including phenoxy) is 1. The quantitative estimate of drug-likeness (QED) is 0.902. The molecule has 2 aromatic rings. The summed E-state index contributed by atoms with van der Waals surface area (Å²) in [6.07, 6.45) is 0.749. The van der Waals surface area contributed by atoms with Crippen LogP contribution in [0.5, 0.6) is 0 Å². The van der Waals surface area contributed by atoms with Gasteiger partial charge in [0, 0.05) is 11.6 Å². The van der Waals surface area contributed by atoms with E-state index < -0.39 is 23.7 Å². The van der Waals surface area contributed by atoms with Crippen molar-refractivity contribution in [3.05, 3.63) is 36.2 Å². The Morgan fingerprint density at radius 1 is 1.27 bits per heavy atom. The Bertz CT molecular complexity index is 709. The van der Waals surface area contributed by atoms with Crippen molar-refractivity contribution in [2.75, 3.05) is 0 Å². The van der Waals surface area contributed by atoms with Gasteiger partial charge in [-0.2, -0.15) is 0 Å². The lowest BCUT2D eigenvalue weighted by Crippen LogP contribution is -2.38. The molecular formula is C15H17N3O4. The van der Waals surface area contributed by atoms with Crippen molar-refractivity contribution in [3.8, 4) is 0 Å². The molecule has 0 saturated carbocycles. The van der Waals surface area contributed by atoms with Crippen LogP contribution < -0.4 is 5.32 Å². The van der Waals surface area contributed by atoms with Crippen LogP contribution in [0.2, 0.25) is 0 Å². The van der Waals surface area contributed by atoms with Crippen LogP contribution in [0.1, 0.15) is 32.5 Å². The van der Waals surface area contributed by atoms with E-state index in [0.717, 1.165) is 5.39 Å². The molecule has 0 bridgehead atoms. The molecule has 1 atom stereocenters. The fourth-order valence-corrected chi connectivity index (χ4v) is 1.82. The number of hydrogen-bond acceptors (Lipinski definition) is 5. The summed E-state index contributed by atoms with van der Waals surface area (Å²) in [6.45, 7) is 5.08. The maximum Gasteiger partial charge on any atom is 0.408 e. The highest BCUT2D eigenvalue weighted by molar-refractivity contribution is 5.82. The number of nitrogens with one attached hydrogen (secondary N) is 1. The molecule has 7 heteroatoms. The number of aromatic nitrogens is 2. The normalized spacial score (nSPS) is 12.7. The highest BCUT2D eigenvalue weighted by atomic mass is 16.6. The zero-order valence-electron chi connectivity index (χ0n) is 12.5. The van der Waals surface area contributed by atoms with E-state index in [1.54, 1.807) is 45.2 Å². The number of alkyl carbamates (subject to hydrolysis) is 1. The number of fused-ring (bicyclic) bond motifs is 1. The second-order valence-corrected chi connectivity index (χ2v) is 5.70. The Morgan fingerprint density at radius 3 is 2.64 bits per heavy atom. The first kappa shape index (κ1) is 15.7. The summed E-state index contributed by atoms with van der Waals surface area (Å²) >= 11 is 0. The van der Waals surface area contributed by atoms with Gasteiger partial charge in [0.1, 0.15) is 5.60 Å². The Morgan fingerprint density at radius 2 is 2.00 bits per heavy atom. The van der Waals surface area contributed by atoms with Crippen LogP contribution in [0.4, 0.5) is 4.79 Å². The van der Waals surface area contributed by atoms with Crippen molar-refractivity contribution in [2.24, 2.45) is 0 Å². The van der Waals surface area contributed by atoms with E-state index >= 15 is 0 Å². The molecule has 0 radical (unpaired) electrons. The van der Waals surface area contributed by atoms with Crippen LogP contribution in [-0.2, 0) is 9.53 Å². The zero-order valence-corrected chi connectivity index (χ0v) is 12.5. The summed E-state index contributed by atoms with van der Waals surface area (Å²) < 4.78 is 5.07. The topological polar surface area (TPSA) is 101 Å². The molecule has 1 unspecified atom stereocenters. The number of aliphatic carboxylic acids is 1. The molecule has 0 aromatic carbocycles. The van der Waals surface area contributed by atoms with Gasteiger partial charge in [0.25, 0.3) is 0 Å². The lowest BCUT2D eigenvalue weighted by Gasteiger charge is -2.21. The van der Waals surface area contributed by atoms with Gasteiger partial charge < -0.3 is 15.2 Å². The fourth-order valence-electron chi connectivity index (χ4n) is 1.82. The number of carbonyl (C=O) groups is 2. The fraction of sp³-hybridized carbons (Fsp3) is 0.333. The minimum absolute atomic E-state index is 0.185. The predicted octanol–water partition coefficient (Wildman–Crippen LogP) is 2.28. The van der Waals surface area contributed by atoms with Crippen LogP contribution in [0.15, 0.2) is 30.5 Å². The van der Waals surface area contributed by atoms with E-state index in [-0.39, 0.29) is 5.69 Å². The Hall–Kier alpha value is -2.70. The maximum atomic E-state index is 11.8. The summed E-state index contributed by atoms with van der Waals surface area (Å²) in [5.74, 6) is -1.23. The van der Waals surface area contributed by atoms with Crippen molar-refractivity contribution in [1.82, 2.24) is 15.3 Å². The first-order valence-electron chi connectivity index (χ1n) is 6.70. The van der Waals surface area contributed by atoms with E-state index in [2.05, 4.69) is 15.3 Å². The number of rotatable bonds is 3. The molecule has 7 nitrogen and oxygen atoms in total. The number of amides is 1. The Kier molecular flexibility index (Phi) is 4.25. The predicted molar refractivity (Wildman–Crippen MR) is 79.3 cm³/mol. The van der Waals surface area contributed by atoms with E-state index in [1.165, 1.54) is 0 Å². The van der Waals surface area contributed by atoms with Gasteiger partial charge in [-0.15, -0.1) is 0 Å². The van der Waals surface area contributed by atoms with E-state index in [4.69, 9.17) is 4.74 Å². The summed E-state index contributed by atoms with van der Waals surface area (Å²) in [5, 5.41) is 12.4. The van der Waals surface area contributed by atoms with Crippen LogP contribution in [0.25, 0.3) is 11.0 Å². The summed E-state index contributed by atoms with van der Waals surface area (Å²) in [7, 11) is 0. The molecule has 2 heterocycles. The van der Waals surface area contributed by atoms with Gasteiger partial charge in [-0.25, -0.2) is 19.6 Å². The standard InChI is InChI=1S/C15H17N3O4/c1-15(2,3)22-14(21)18-11(13(19)20)10-7-6-9-5-4-8-16-12(9)17-10/h4-8,11H,1-3H3,(H,18,21)(H,19,20). The van der Waals surface area contributed by atoms with Gasteiger partial charge in [-0.3, -0.25) is 0 Å². The molecule has 116 valence electrons. The van der Waals surface area contributed by atoms with Crippen molar-refractivity contribution >= 4 is 23.1 Å². The average molecular weight is 303 g/mol. The van der Waals surface area contributed by atoms with Gasteiger partial charge in [0.05, 0.1) is 5.69 Å². The molecule has 2 aromatic heterocycles. The van der Waals surface area contributed by atoms with Gasteiger partial charge in [-0.05, 0) is 45.0 Å². The number of nitrogens with zero attached hydrogens (tertiary/aromatic N) is 2. The van der Waals surface area contributed by atoms with E-state index in [9.17, 15) is 14.7 Å². The molecule has 0 saturated heterocycles. The first-order valence-corrected chi connectivity index (χ1v) is 6.70. The number of carboxylic acids is 1. The Labute approximate surface area is 127 Å².